The number of ketones is 1. The summed E-state index contributed by atoms with van der Waals surface area (Å²) in [4.78, 5) is 25.7. The number of fused-ring (bicyclic) bond motifs is 1. The number of rotatable bonds is 6. The number of carbonyl (C=O) groups excluding carboxylic acids is 2. The second kappa shape index (κ2) is 9.27. The molecule has 0 amide bonds. The second-order valence-electron chi connectivity index (χ2n) is 7.41. The van der Waals surface area contributed by atoms with Crippen molar-refractivity contribution in [1.82, 2.24) is 0 Å². The first-order valence-electron chi connectivity index (χ1n) is 10.2. The van der Waals surface area contributed by atoms with Gasteiger partial charge in [-0.15, -0.1) is 0 Å². The Bertz CT molecular complexity index is 1280. The maximum absolute atomic E-state index is 13.2. The van der Waals surface area contributed by atoms with Crippen LogP contribution in [-0.2, 0) is 0 Å². The molecule has 8 heteroatoms. The average Bonchev–Trinajstić information content (AvgIpc) is 3.14. The highest BCUT2D eigenvalue weighted by atomic mass is 19.1. The summed E-state index contributed by atoms with van der Waals surface area (Å²) in [5.74, 6) is 0.187. The van der Waals surface area contributed by atoms with E-state index in [4.69, 9.17) is 23.7 Å². The normalized spacial score (nSPS) is 13.3. The van der Waals surface area contributed by atoms with E-state index in [0.717, 1.165) is 0 Å². The fraction of sp³-hybridized carbons (Fsp3) is 0.154. The van der Waals surface area contributed by atoms with Crippen LogP contribution in [0.2, 0.25) is 0 Å². The fourth-order valence-corrected chi connectivity index (χ4v) is 3.61. The standard InChI is InChI=1S/C26H21FO7/c1-14-9-18(33-26(29)16-11-21(30-2)25(32-4)22(12-16)31-3)13-19-23(14)24(28)20(34-19)10-15-5-7-17(27)8-6-15/h5-13H,1-4H3/b20-10-. The third-order valence-corrected chi connectivity index (χ3v) is 5.22. The molecule has 4 rings (SSSR count). The summed E-state index contributed by atoms with van der Waals surface area (Å²) in [5, 5.41) is 0. The molecule has 3 aromatic carbocycles. The molecule has 1 aliphatic heterocycles. The average molecular weight is 464 g/mol. The van der Waals surface area contributed by atoms with Crippen LogP contribution in [0.5, 0.6) is 28.7 Å². The first-order chi connectivity index (χ1) is 16.3. The van der Waals surface area contributed by atoms with Crippen molar-refractivity contribution in [2.75, 3.05) is 21.3 Å². The first kappa shape index (κ1) is 22.8. The summed E-state index contributed by atoms with van der Waals surface area (Å²) in [6, 6.07) is 11.7. The molecule has 0 atom stereocenters. The van der Waals surface area contributed by atoms with Gasteiger partial charge in [0, 0.05) is 6.07 Å². The van der Waals surface area contributed by atoms with Gasteiger partial charge in [-0.05, 0) is 54.5 Å². The van der Waals surface area contributed by atoms with Crippen LogP contribution >= 0.6 is 0 Å². The van der Waals surface area contributed by atoms with E-state index in [0.29, 0.717) is 33.9 Å². The number of allylic oxidation sites excluding steroid dienone is 1. The SMILES string of the molecule is COc1cc(C(=O)Oc2cc(C)c3c(c2)O/C(=C\c2ccc(F)cc2)C3=O)cc(OC)c1OC. The summed E-state index contributed by atoms with van der Waals surface area (Å²) in [5.41, 5.74) is 1.75. The van der Waals surface area contributed by atoms with Gasteiger partial charge in [-0.1, -0.05) is 12.1 Å². The number of Topliss-reactive ketones (excluding diaryl/α,β-unsaturated/α-hetero) is 1. The van der Waals surface area contributed by atoms with Gasteiger partial charge >= 0.3 is 5.97 Å². The number of halogens is 1. The van der Waals surface area contributed by atoms with E-state index in [2.05, 4.69) is 0 Å². The number of carbonyl (C=O) groups is 2. The lowest BCUT2D eigenvalue weighted by Crippen LogP contribution is -2.10. The van der Waals surface area contributed by atoms with Crippen LogP contribution < -0.4 is 23.7 Å². The molecule has 0 spiro atoms. The number of benzene rings is 3. The van der Waals surface area contributed by atoms with E-state index in [9.17, 15) is 14.0 Å². The van der Waals surface area contributed by atoms with Crippen LogP contribution in [0, 0.1) is 12.7 Å². The van der Waals surface area contributed by atoms with Gasteiger partial charge in [0.05, 0.1) is 32.5 Å². The highest BCUT2D eigenvalue weighted by molar-refractivity contribution is 6.15. The van der Waals surface area contributed by atoms with Crippen LogP contribution in [0.15, 0.2) is 54.3 Å². The van der Waals surface area contributed by atoms with Crippen molar-refractivity contribution in [3.05, 3.63) is 82.4 Å². The monoisotopic (exact) mass is 464 g/mol. The van der Waals surface area contributed by atoms with Crippen molar-refractivity contribution < 1.29 is 37.7 Å². The van der Waals surface area contributed by atoms with E-state index in [1.165, 1.54) is 57.7 Å². The zero-order valence-corrected chi connectivity index (χ0v) is 18.9. The molecule has 7 nitrogen and oxygen atoms in total. The lowest BCUT2D eigenvalue weighted by atomic mass is 10.0. The van der Waals surface area contributed by atoms with Crippen LogP contribution in [-0.4, -0.2) is 33.1 Å². The number of hydrogen-bond donors (Lipinski definition) is 0. The third kappa shape index (κ3) is 4.30. The molecule has 0 aromatic heterocycles. The van der Waals surface area contributed by atoms with Gasteiger partial charge in [-0.2, -0.15) is 0 Å². The van der Waals surface area contributed by atoms with Gasteiger partial charge in [0.15, 0.2) is 17.3 Å². The molecule has 0 saturated carbocycles. The van der Waals surface area contributed by atoms with Crippen LogP contribution in [0.25, 0.3) is 6.08 Å². The van der Waals surface area contributed by atoms with Gasteiger partial charge in [0.25, 0.3) is 0 Å². The van der Waals surface area contributed by atoms with Crippen molar-refractivity contribution in [2.24, 2.45) is 0 Å². The molecule has 0 fully saturated rings. The Balaban J connectivity index is 1.61. The molecule has 0 unspecified atom stereocenters. The van der Waals surface area contributed by atoms with Crippen molar-refractivity contribution in [2.45, 2.75) is 6.92 Å². The summed E-state index contributed by atoms with van der Waals surface area (Å²) in [7, 11) is 4.36. The Morgan fingerprint density at radius 1 is 0.941 bits per heavy atom. The molecule has 1 heterocycles. The molecule has 3 aromatic rings. The molecular formula is C26H21FO7. The molecule has 0 radical (unpaired) electrons. The van der Waals surface area contributed by atoms with Crippen LogP contribution in [0.3, 0.4) is 0 Å². The van der Waals surface area contributed by atoms with Gasteiger partial charge in [-0.25, -0.2) is 9.18 Å². The van der Waals surface area contributed by atoms with Gasteiger partial charge in [0.1, 0.15) is 17.3 Å². The van der Waals surface area contributed by atoms with E-state index in [1.54, 1.807) is 25.1 Å². The summed E-state index contributed by atoms with van der Waals surface area (Å²) in [6.45, 7) is 1.72. The molecule has 0 bridgehead atoms. The van der Waals surface area contributed by atoms with E-state index < -0.39 is 5.97 Å². The Morgan fingerprint density at radius 3 is 2.18 bits per heavy atom. The predicted octanol–water partition coefficient (Wildman–Crippen LogP) is 5.00. The van der Waals surface area contributed by atoms with Gasteiger partial charge < -0.3 is 23.7 Å². The lowest BCUT2D eigenvalue weighted by molar-refractivity contribution is 0.0733. The fourth-order valence-electron chi connectivity index (χ4n) is 3.61. The minimum atomic E-state index is -0.662. The smallest absolute Gasteiger partial charge is 0.343 e. The highest BCUT2D eigenvalue weighted by Crippen LogP contribution is 2.40. The van der Waals surface area contributed by atoms with Crippen LogP contribution in [0.1, 0.15) is 31.8 Å². The zero-order chi connectivity index (χ0) is 24.4. The van der Waals surface area contributed by atoms with Crippen molar-refractivity contribution in [3.63, 3.8) is 0 Å². The quantitative estimate of drug-likeness (QED) is 0.289. The number of esters is 1. The number of ether oxygens (including phenoxy) is 5. The topological polar surface area (TPSA) is 80.3 Å². The lowest BCUT2D eigenvalue weighted by Gasteiger charge is -2.14. The third-order valence-electron chi connectivity index (χ3n) is 5.22. The number of methoxy groups -OCH3 is 3. The molecule has 1 aliphatic rings. The van der Waals surface area contributed by atoms with Gasteiger partial charge in [-0.3, -0.25) is 4.79 Å². The predicted molar refractivity (Wildman–Crippen MR) is 122 cm³/mol. The summed E-state index contributed by atoms with van der Waals surface area (Å²) < 4.78 is 40.3. The van der Waals surface area contributed by atoms with E-state index in [-0.39, 0.29) is 34.4 Å². The minimum absolute atomic E-state index is 0.0952. The second-order valence-corrected chi connectivity index (χ2v) is 7.41. The molecule has 0 N–H and O–H groups in total. The highest BCUT2D eigenvalue weighted by Gasteiger charge is 2.30. The Hall–Kier alpha value is -4.33. The Morgan fingerprint density at radius 2 is 1.59 bits per heavy atom. The van der Waals surface area contributed by atoms with Gasteiger partial charge in [0.2, 0.25) is 11.5 Å². The van der Waals surface area contributed by atoms with E-state index >= 15 is 0 Å². The minimum Gasteiger partial charge on any atom is -0.493 e. The number of hydrogen-bond acceptors (Lipinski definition) is 7. The maximum Gasteiger partial charge on any atom is 0.343 e. The molecule has 34 heavy (non-hydrogen) atoms. The molecule has 0 aliphatic carbocycles. The van der Waals surface area contributed by atoms with E-state index in [1.807, 2.05) is 0 Å². The Kier molecular flexibility index (Phi) is 6.23. The zero-order valence-electron chi connectivity index (χ0n) is 18.9. The van der Waals surface area contributed by atoms with Crippen LogP contribution in [0.4, 0.5) is 4.39 Å². The molecular weight excluding hydrogens is 443 g/mol. The summed E-state index contributed by atoms with van der Waals surface area (Å²) in [6.07, 6.45) is 1.53. The Labute approximate surface area is 195 Å². The maximum atomic E-state index is 13.2. The number of aryl methyl sites for hydroxylation is 1. The molecule has 0 saturated heterocycles. The van der Waals surface area contributed by atoms with Crippen molar-refractivity contribution in [3.8, 4) is 28.7 Å². The van der Waals surface area contributed by atoms with Crippen molar-refractivity contribution >= 4 is 17.8 Å². The summed E-state index contributed by atoms with van der Waals surface area (Å²) >= 11 is 0. The largest absolute Gasteiger partial charge is 0.493 e. The van der Waals surface area contributed by atoms with Crippen molar-refractivity contribution in [1.29, 1.82) is 0 Å². The first-order valence-corrected chi connectivity index (χ1v) is 10.2. The molecule has 174 valence electrons.